The fourth-order valence-electron chi connectivity index (χ4n) is 2.90. The normalized spacial score (nSPS) is 13.3. The molecule has 0 bridgehead atoms. The molecule has 0 amide bonds. The SMILES string of the molecule is SP(CBr)(c1ccccc1)(c1ccccc1)c1ccccc1. The van der Waals surface area contributed by atoms with Gasteiger partial charge in [-0.25, -0.2) is 0 Å². The third-order valence-corrected chi connectivity index (χ3v) is 15.5. The molecular formula is C19H18BrPS. The van der Waals surface area contributed by atoms with E-state index in [1.165, 1.54) is 15.9 Å². The predicted octanol–water partition coefficient (Wildman–Crippen LogP) is 4.71. The molecule has 0 spiro atoms. The van der Waals surface area contributed by atoms with E-state index in [1.807, 2.05) is 0 Å². The summed E-state index contributed by atoms with van der Waals surface area (Å²) < 4.78 is 0. The van der Waals surface area contributed by atoms with Crippen molar-refractivity contribution in [1.29, 1.82) is 0 Å². The Kier molecular flexibility index (Phi) is 4.45. The van der Waals surface area contributed by atoms with Crippen LogP contribution in [-0.2, 0) is 0 Å². The van der Waals surface area contributed by atoms with Crippen LogP contribution in [0.5, 0.6) is 0 Å². The molecule has 0 aliphatic rings. The third kappa shape index (κ3) is 2.34. The molecule has 0 aliphatic carbocycles. The Balaban J connectivity index is 2.41. The molecule has 0 aliphatic heterocycles. The Morgan fingerprint density at radius 3 is 1.09 bits per heavy atom. The zero-order chi connectivity index (χ0) is 15.5. The molecule has 0 N–H and O–H groups in total. The molecule has 112 valence electrons. The van der Waals surface area contributed by atoms with Crippen molar-refractivity contribution in [3.63, 3.8) is 0 Å². The van der Waals surface area contributed by atoms with Gasteiger partial charge in [-0.15, -0.1) is 0 Å². The molecule has 3 aromatic carbocycles. The molecule has 0 atom stereocenters. The van der Waals surface area contributed by atoms with E-state index in [0.29, 0.717) is 0 Å². The molecule has 3 rings (SSSR count). The van der Waals surface area contributed by atoms with Crippen molar-refractivity contribution in [2.75, 3.05) is 5.07 Å². The van der Waals surface area contributed by atoms with Crippen LogP contribution in [0.1, 0.15) is 0 Å². The Morgan fingerprint density at radius 1 is 0.591 bits per heavy atom. The maximum absolute atomic E-state index is 5.46. The molecule has 3 heteroatoms. The summed E-state index contributed by atoms with van der Waals surface area (Å²) >= 11 is 9.28. The summed E-state index contributed by atoms with van der Waals surface area (Å²) in [5.41, 5.74) is 0. The van der Waals surface area contributed by atoms with Crippen LogP contribution in [-0.4, -0.2) is 5.07 Å². The molecule has 0 unspecified atom stereocenters. The van der Waals surface area contributed by atoms with E-state index in [1.54, 1.807) is 0 Å². The van der Waals surface area contributed by atoms with E-state index < -0.39 is 5.81 Å². The van der Waals surface area contributed by atoms with Crippen LogP contribution in [0.25, 0.3) is 0 Å². The van der Waals surface area contributed by atoms with Crippen molar-refractivity contribution in [3.8, 4) is 0 Å². The quantitative estimate of drug-likeness (QED) is 0.373. The van der Waals surface area contributed by atoms with Gasteiger partial charge in [-0.1, -0.05) is 0 Å². The van der Waals surface area contributed by atoms with Crippen LogP contribution in [0.3, 0.4) is 0 Å². The van der Waals surface area contributed by atoms with Gasteiger partial charge in [0.15, 0.2) is 0 Å². The Labute approximate surface area is 145 Å². The first-order valence-electron chi connectivity index (χ1n) is 7.19. The average Bonchev–Trinajstić information content (AvgIpc) is 2.63. The van der Waals surface area contributed by atoms with E-state index >= 15 is 0 Å². The van der Waals surface area contributed by atoms with Crippen LogP contribution in [0.15, 0.2) is 91.0 Å². The first kappa shape index (κ1) is 15.8. The Hall–Kier alpha value is -1.08. The molecule has 0 saturated heterocycles. The zero-order valence-electron chi connectivity index (χ0n) is 12.1. The summed E-state index contributed by atoms with van der Waals surface area (Å²) in [6, 6.07) is 32.0. The first-order valence-corrected chi connectivity index (χ1v) is 11.9. The standard InChI is InChI=1S/C19H18BrPS/c20-16-21(22,17-10-4-1-5-11-17,18-12-6-2-7-13-18)19-14-8-3-9-15-19/h1-15,22H,16H2. The van der Waals surface area contributed by atoms with Crippen LogP contribution in [0, 0.1) is 0 Å². The summed E-state index contributed by atoms with van der Waals surface area (Å²) in [7, 11) is 0. The number of rotatable bonds is 4. The van der Waals surface area contributed by atoms with E-state index in [9.17, 15) is 0 Å². The number of benzene rings is 3. The van der Waals surface area contributed by atoms with Crippen molar-refractivity contribution >= 4 is 49.9 Å². The molecule has 3 aromatic rings. The summed E-state index contributed by atoms with van der Waals surface area (Å²) in [5, 5.41) is 4.66. The molecule has 0 saturated carbocycles. The molecule has 0 fully saturated rings. The van der Waals surface area contributed by atoms with E-state index in [0.717, 1.165) is 5.07 Å². The number of hydrogen-bond acceptors (Lipinski definition) is 1. The van der Waals surface area contributed by atoms with Crippen molar-refractivity contribution in [1.82, 2.24) is 0 Å². The number of thiol groups is 1. The second-order valence-electron chi connectivity index (χ2n) is 5.38. The average molecular weight is 389 g/mol. The topological polar surface area (TPSA) is 0 Å². The predicted molar refractivity (Wildman–Crippen MR) is 108 cm³/mol. The van der Waals surface area contributed by atoms with Gasteiger partial charge in [0.05, 0.1) is 0 Å². The van der Waals surface area contributed by atoms with Crippen molar-refractivity contribution in [3.05, 3.63) is 91.0 Å². The molecular weight excluding hydrogens is 371 g/mol. The summed E-state index contributed by atoms with van der Waals surface area (Å²) in [6.07, 6.45) is 0. The van der Waals surface area contributed by atoms with Gasteiger partial charge in [-0.2, -0.15) is 0 Å². The second kappa shape index (κ2) is 6.20. The minimum atomic E-state index is -2.79. The molecule has 0 radical (unpaired) electrons. The maximum atomic E-state index is 5.46. The zero-order valence-corrected chi connectivity index (χ0v) is 15.5. The fraction of sp³-hybridized carbons (Fsp3) is 0.0526. The minimum absolute atomic E-state index is 0.805. The van der Waals surface area contributed by atoms with Crippen LogP contribution < -0.4 is 15.9 Å². The monoisotopic (exact) mass is 388 g/mol. The number of hydrogen-bond donors (Lipinski definition) is 1. The van der Waals surface area contributed by atoms with E-state index in [4.69, 9.17) is 12.2 Å². The van der Waals surface area contributed by atoms with E-state index in [2.05, 4.69) is 107 Å². The summed E-state index contributed by atoms with van der Waals surface area (Å²) in [4.78, 5) is 0. The van der Waals surface area contributed by atoms with Gasteiger partial charge >= 0.3 is 146 Å². The fourth-order valence-corrected chi connectivity index (χ4v) is 10.5. The van der Waals surface area contributed by atoms with Gasteiger partial charge in [0.2, 0.25) is 0 Å². The van der Waals surface area contributed by atoms with Gasteiger partial charge in [-0.3, -0.25) is 0 Å². The van der Waals surface area contributed by atoms with Crippen molar-refractivity contribution < 1.29 is 0 Å². The molecule has 22 heavy (non-hydrogen) atoms. The number of halogens is 1. The summed E-state index contributed by atoms with van der Waals surface area (Å²) in [5.74, 6) is -2.79. The third-order valence-electron chi connectivity index (χ3n) is 4.17. The summed E-state index contributed by atoms with van der Waals surface area (Å²) in [6.45, 7) is 0. The molecule has 0 aromatic heterocycles. The molecule has 0 nitrogen and oxygen atoms in total. The van der Waals surface area contributed by atoms with Gasteiger partial charge in [0.1, 0.15) is 0 Å². The van der Waals surface area contributed by atoms with Gasteiger partial charge in [0.25, 0.3) is 0 Å². The van der Waals surface area contributed by atoms with E-state index in [-0.39, 0.29) is 0 Å². The van der Waals surface area contributed by atoms with Crippen LogP contribution in [0.2, 0.25) is 0 Å². The first-order chi connectivity index (χ1) is 10.7. The Bertz CT molecular complexity index is 645. The van der Waals surface area contributed by atoms with Gasteiger partial charge < -0.3 is 0 Å². The van der Waals surface area contributed by atoms with Gasteiger partial charge in [0, 0.05) is 0 Å². The molecule has 0 heterocycles. The van der Waals surface area contributed by atoms with Crippen LogP contribution in [0.4, 0.5) is 0 Å². The van der Waals surface area contributed by atoms with Crippen molar-refractivity contribution in [2.24, 2.45) is 0 Å². The number of alkyl halides is 1. The van der Waals surface area contributed by atoms with Crippen LogP contribution >= 0.6 is 34.0 Å². The Morgan fingerprint density at radius 2 is 0.864 bits per heavy atom. The van der Waals surface area contributed by atoms with Crippen molar-refractivity contribution in [2.45, 2.75) is 0 Å². The second-order valence-corrected chi connectivity index (χ2v) is 13.8. The van der Waals surface area contributed by atoms with Gasteiger partial charge in [-0.05, 0) is 0 Å².